The summed E-state index contributed by atoms with van der Waals surface area (Å²) in [4.78, 5) is 27.3. The number of hydrogen-bond donors (Lipinski definition) is 1. The molecule has 1 amide bonds. The molecule has 0 spiro atoms. The minimum absolute atomic E-state index is 0.280. The van der Waals surface area contributed by atoms with Gasteiger partial charge in [0.15, 0.2) is 0 Å². The number of rotatable bonds is 8. The Morgan fingerprint density at radius 2 is 1.59 bits per heavy atom. The largest absolute Gasteiger partial charge is 0.492 e. The molecule has 0 radical (unpaired) electrons. The molecule has 180 valence electrons. The highest BCUT2D eigenvalue weighted by Crippen LogP contribution is 2.16. The standard InChI is InChI=1S/C24H38N2O6/c1-23(2,3)31-21(27)20(25-22(28)32-24(4,5)6)17-18-7-9-19(10-8-18)30-16-13-26-11-14-29-15-12-26/h7-10,20H,11-17H2,1-6H3,(H,25,28). The predicted molar refractivity (Wildman–Crippen MR) is 122 cm³/mol. The number of ether oxygens (including phenoxy) is 4. The molecule has 0 aliphatic carbocycles. The van der Waals surface area contributed by atoms with Crippen molar-refractivity contribution in [1.82, 2.24) is 10.2 Å². The third kappa shape index (κ3) is 10.3. The smallest absolute Gasteiger partial charge is 0.408 e. The lowest BCUT2D eigenvalue weighted by molar-refractivity contribution is -0.157. The van der Waals surface area contributed by atoms with Crippen LogP contribution in [0.3, 0.4) is 0 Å². The number of alkyl carbamates (subject to hydrolysis) is 1. The Balaban J connectivity index is 1.94. The van der Waals surface area contributed by atoms with E-state index in [1.54, 1.807) is 41.5 Å². The molecule has 1 saturated heterocycles. The van der Waals surface area contributed by atoms with E-state index in [0.717, 1.165) is 44.2 Å². The maximum atomic E-state index is 12.7. The van der Waals surface area contributed by atoms with E-state index in [1.807, 2.05) is 24.3 Å². The Hall–Kier alpha value is -2.32. The Labute approximate surface area is 191 Å². The molecule has 1 aromatic carbocycles. The van der Waals surface area contributed by atoms with Gasteiger partial charge < -0.3 is 24.3 Å². The summed E-state index contributed by atoms with van der Waals surface area (Å²) in [5.74, 6) is 0.255. The number of esters is 1. The Kier molecular flexibility index (Phi) is 9.33. The fourth-order valence-electron chi connectivity index (χ4n) is 3.09. The van der Waals surface area contributed by atoms with Gasteiger partial charge in [-0.3, -0.25) is 4.90 Å². The normalized spacial score (nSPS) is 16.2. The number of morpholine rings is 1. The van der Waals surface area contributed by atoms with E-state index in [0.29, 0.717) is 6.61 Å². The summed E-state index contributed by atoms with van der Waals surface area (Å²) in [6.07, 6.45) is -0.376. The van der Waals surface area contributed by atoms with Crippen molar-refractivity contribution >= 4 is 12.1 Å². The predicted octanol–water partition coefficient (Wildman–Crippen LogP) is 3.18. The number of nitrogens with one attached hydrogen (secondary N) is 1. The third-order valence-corrected chi connectivity index (χ3v) is 4.53. The highest BCUT2D eigenvalue weighted by Gasteiger charge is 2.29. The first-order chi connectivity index (χ1) is 14.9. The maximum absolute atomic E-state index is 12.7. The summed E-state index contributed by atoms with van der Waals surface area (Å²) < 4.78 is 22.0. The Morgan fingerprint density at radius 1 is 1.00 bits per heavy atom. The van der Waals surface area contributed by atoms with Crippen molar-refractivity contribution in [2.24, 2.45) is 0 Å². The quantitative estimate of drug-likeness (QED) is 0.609. The minimum atomic E-state index is -0.864. The zero-order chi connectivity index (χ0) is 23.8. The maximum Gasteiger partial charge on any atom is 0.408 e. The highest BCUT2D eigenvalue weighted by atomic mass is 16.6. The zero-order valence-corrected chi connectivity index (χ0v) is 20.2. The first-order valence-electron chi connectivity index (χ1n) is 11.2. The van der Waals surface area contributed by atoms with Crippen LogP contribution in [0.25, 0.3) is 0 Å². The van der Waals surface area contributed by atoms with Gasteiger partial charge in [-0.1, -0.05) is 12.1 Å². The van der Waals surface area contributed by atoms with E-state index in [9.17, 15) is 9.59 Å². The topological polar surface area (TPSA) is 86.3 Å². The molecular weight excluding hydrogens is 412 g/mol. The second-order valence-corrected chi connectivity index (χ2v) is 9.88. The summed E-state index contributed by atoms with van der Waals surface area (Å²) in [6, 6.07) is 6.65. The lowest BCUT2D eigenvalue weighted by atomic mass is 10.1. The first-order valence-corrected chi connectivity index (χ1v) is 11.2. The van der Waals surface area contributed by atoms with Crippen molar-refractivity contribution in [1.29, 1.82) is 0 Å². The van der Waals surface area contributed by atoms with Crippen LogP contribution in [-0.2, 0) is 25.4 Å². The van der Waals surface area contributed by atoms with Crippen molar-refractivity contribution in [2.45, 2.75) is 65.2 Å². The number of carbonyl (C=O) groups is 2. The van der Waals surface area contributed by atoms with Gasteiger partial charge in [-0.25, -0.2) is 9.59 Å². The lowest BCUT2D eigenvalue weighted by Gasteiger charge is -2.26. The molecular formula is C24H38N2O6. The molecule has 1 aliphatic heterocycles. The van der Waals surface area contributed by atoms with Gasteiger partial charge in [-0.05, 0) is 59.2 Å². The van der Waals surface area contributed by atoms with Crippen LogP contribution < -0.4 is 10.1 Å². The molecule has 1 heterocycles. The number of nitrogens with zero attached hydrogens (tertiary/aromatic N) is 1. The van der Waals surface area contributed by atoms with Crippen LogP contribution in [0.4, 0.5) is 4.79 Å². The van der Waals surface area contributed by atoms with E-state index in [4.69, 9.17) is 18.9 Å². The average molecular weight is 451 g/mol. The molecule has 1 fully saturated rings. The molecule has 0 aromatic heterocycles. The number of amides is 1. The zero-order valence-electron chi connectivity index (χ0n) is 20.2. The van der Waals surface area contributed by atoms with E-state index in [2.05, 4.69) is 10.2 Å². The number of hydrogen-bond acceptors (Lipinski definition) is 7. The molecule has 1 N–H and O–H groups in total. The van der Waals surface area contributed by atoms with E-state index >= 15 is 0 Å². The van der Waals surface area contributed by atoms with Gasteiger partial charge in [0.25, 0.3) is 0 Å². The van der Waals surface area contributed by atoms with Crippen LogP contribution in [-0.4, -0.2) is 73.7 Å². The van der Waals surface area contributed by atoms with Gasteiger partial charge >= 0.3 is 12.1 Å². The summed E-state index contributed by atoms with van der Waals surface area (Å²) in [6.45, 7) is 15.5. The van der Waals surface area contributed by atoms with Gasteiger partial charge in [0.1, 0.15) is 29.6 Å². The van der Waals surface area contributed by atoms with Gasteiger partial charge in [-0.15, -0.1) is 0 Å². The fraction of sp³-hybridized carbons (Fsp3) is 0.667. The van der Waals surface area contributed by atoms with E-state index in [-0.39, 0.29) is 6.42 Å². The second-order valence-electron chi connectivity index (χ2n) is 9.88. The summed E-state index contributed by atoms with van der Waals surface area (Å²) in [5.41, 5.74) is -0.455. The summed E-state index contributed by atoms with van der Waals surface area (Å²) in [7, 11) is 0. The average Bonchev–Trinajstić information content (AvgIpc) is 2.67. The van der Waals surface area contributed by atoms with Crippen LogP contribution in [0.1, 0.15) is 47.1 Å². The summed E-state index contributed by atoms with van der Waals surface area (Å²) >= 11 is 0. The minimum Gasteiger partial charge on any atom is -0.492 e. The molecule has 1 atom stereocenters. The van der Waals surface area contributed by atoms with Crippen molar-refractivity contribution in [3.8, 4) is 5.75 Å². The van der Waals surface area contributed by atoms with E-state index in [1.165, 1.54) is 0 Å². The van der Waals surface area contributed by atoms with Crippen LogP contribution in [0.2, 0.25) is 0 Å². The van der Waals surface area contributed by atoms with E-state index < -0.39 is 29.3 Å². The van der Waals surface area contributed by atoms with Crippen molar-refractivity contribution in [3.05, 3.63) is 29.8 Å². The van der Waals surface area contributed by atoms with Crippen LogP contribution in [0, 0.1) is 0 Å². The lowest BCUT2D eigenvalue weighted by Crippen LogP contribution is -2.47. The van der Waals surface area contributed by atoms with Crippen molar-refractivity contribution in [2.75, 3.05) is 39.5 Å². The fourth-order valence-corrected chi connectivity index (χ4v) is 3.09. The SMILES string of the molecule is CC(C)(C)OC(=O)NC(Cc1ccc(OCCN2CCOCC2)cc1)C(=O)OC(C)(C)C. The van der Waals surface area contributed by atoms with Crippen LogP contribution in [0.5, 0.6) is 5.75 Å². The van der Waals surface area contributed by atoms with Crippen molar-refractivity contribution in [3.63, 3.8) is 0 Å². The van der Waals surface area contributed by atoms with Crippen LogP contribution in [0.15, 0.2) is 24.3 Å². The molecule has 0 saturated carbocycles. The van der Waals surface area contributed by atoms with Gasteiger partial charge in [-0.2, -0.15) is 0 Å². The summed E-state index contributed by atoms with van der Waals surface area (Å²) in [5, 5.41) is 2.65. The Bertz CT molecular complexity index is 730. The van der Waals surface area contributed by atoms with Gasteiger partial charge in [0.05, 0.1) is 13.2 Å². The second kappa shape index (κ2) is 11.5. The van der Waals surface area contributed by atoms with Crippen LogP contribution >= 0.6 is 0 Å². The molecule has 1 aliphatic rings. The van der Waals surface area contributed by atoms with Gasteiger partial charge in [0, 0.05) is 26.1 Å². The molecule has 1 aromatic rings. The molecule has 2 rings (SSSR count). The number of benzene rings is 1. The number of carbonyl (C=O) groups excluding carboxylic acids is 2. The van der Waals surface area contributed by atoms with Crippen molar-refractivity contribution < 1.29 is 28.5 Å². The third-order valence-electron chi connectivity index (χ3n) is 4.53. The molecule has 1 unspecified atom stereocenters. The monoisotopic (exact) mass is 450 g/mol. The first kappa shape index (κ1) is 25.9. The highest BCUT2D eigenvalue weighted by molar-refractivity contribution is 5.82. The molecule has 32 heavy (non-hydrogen) atoms. The molecule has 8 nitrogen and oxygen atoms in total. The van der Waals surface area contributed by atoms with Gasteiger partial charge in [0.2, 0.25) is 0 Å². The Morgan fingerprint density at radius 3 is 2.16 bits per heavy atom. The molecule has 0 bridgehead atoms. The molecule has 8 heteroatoms.